The van der Waals surface area contributed by atoms with E-state index in [1.54, 1.807) is 37.3 Å². The average molecular weight is 406 g/mol. The molecule has 1 saturated carbocycles. The number of unbranched alkanes of at least 4 members (excludes halogenated alkanes) is 1. The lowest BCUT2D eigenvalue weighted by Gasteiger charge is -2.20. The maximum Gasteiger partial charge on any atom is 0.338 e. The summed E-state index contributed by atoms with van der Waals surface area (Å²) in [5, 5.41) is 0. The molecule has 0 bridgehead atoms. The highest BCUT2D eigenvalue weighted by Gasteiger charge is 2.51. The summed E-state index contributed by atoms with van der Waals surface area (Å²) < 4.78 is 38.8. The molecule has 2 aliphatic rings. The number of hydrogen-bond acceptors (Lipinski definition) is 5. The highest BCUT2D eigenvalue weighted by molar-refractivity contribution is 5.95. The summed E-state index contributed by atoms with van der Waals surface area (Å²) in [7, 11) is 0. The zero-order chi connectivity index (χ0) is 21.0. The number of alkyl halides is 2. The van der Waals surface area contributed by atoms with Gasteiger partial charge in [-0.05, 0) is 24.6 Å². The van der Waals surface area contributed by atoms with Gasteiger partial charge < -0.3 is 9.47 Å². The maximum atomic E-state index is 14.0. The quantitative estimate of drug-likeness (QED) is 0.480. The number of ether oxygens (including phenoxy) is 2. The van der Waals surface area contributed by atoms with Gasteiger partial charge in [0, 0.05) is 24.7 Å². The lowest BCUT2D eigenvalue weighted by atomic mass is 9.91. The number of fused-ring (bicyclic) bond motifs is 1. The molecule has 3 unspecified atom stereocenters. The van der Waals surface area contributed by atoms with Crippen LogP contribution in [0.2, 0.25) is 0 Å². The number of benzene rings is 1. The minimum Gasteiger partial charge on any atom is -0.462 e. The third kappa shape index (κ3) is 4.89. The molecule has 0 spiro atoms. The van der Waals surface area contributed by atoms with Crippen LogP contribution in [0.4, 0.5) is 8.78 Å². The third-order valence-electron chi connectivity index (χ3n) is 5.49. The van der Waals surface area contributed by atoms with Gasteiger partial charge in [-0.3, -0.25) is 9.59 Å². The number of allylic oxidation sites excluding steroid dienone is 1. The fraction of sp³-hybridized carbons (Fsp3) is 0.500. The second-order valence-corrected chi connectivity index (χ2v) is 7.55. The van der Waals surface area contributed by atoms with Crippen molar-refractivity contribution in [3.05, 3.63) is 48.0 Å². The van der Waals surface area contributed by atoms with Gasteiger partial charge in [0.05, 0.1) is 12.0 Å². The van der Waals surface area contributed by atoms with Gasteiger partial charge >= 0.3 is 17.9 Å². The number of ketones is 1. The molecule has 2 fully saturated rings. The van der Waals surface area contributed by atoms with E-state index in [1.807, 2.05) is 0 Å². The minimum atomic E-state index is -3.43. The molecule has 7 heteroatoms. The van der Waals surface area contributed by atoms with Gasteiger partial charge in [-0.1, -0.05) is 37.6 Å². The van der Waals surface area contributed by atoms with Gasteiger partial charge in [0.25, 0.3) is 0 Å². The lowest BCUT2D eigenvalue weighted by Crippen LogP contribution is -2.28. The molecular formula is C22H24F2O5. The van der Waals surface area contributed by atoms with Crippen molar-refractivity contribution in [2.45, 2.75) is 57.2 Å². The summed E-state index contributed by atoms with van der Waals surface area (Å²) in [5.74, 6) is -6.45. The predicted octanol–water partition coefficient (Wildman–Crippen LogP) is 4.11. The Morgan fingerprint density at radius 2 is 2.00 bits per heavy atom. The SMILES string of the molecule is CCCCC(F)(F)C(=O)/C=C/[C@H]1C(OC(=O)c2ccccc2)CC2OC(=O)CC21. The zero-order valence-corrected chi connectivity index (χ0v) is 16.2. The van der Waals surface area contributed by atoms with E-state index in [0.717, 1.165) is 6.08 Å². The highest BCUT2D eigenvalue weighted by atomic mass is 19.3. The number of halogens is 2. The average Bonchev–Trinajstić information content (AvgIpc) is 3.20. The Kier molecular flexibility index (Phi) is 6.45. The minimum absolute atomic E-state index is 0.111. The van der Waals surface area contributed by atoms with Crippen LogP contribution in [0.3, 0.4) is 0 Å². The van der Waals surface area contributed by atoms with Crippen molar-refractivity contribution in [1.29, 1.82) is 0 Å². The molecule has 3 rings (SSSR count). The van der Waals surface area contributed by atoms with Crippen molar-refractivity contribution in [2.75, 3.05) is 0 Å². The largest absolute Gasteiger partial charge is 0.462 e. The molecule has 1 aromatic rings. The Balaban J connectivity index is 1.74. The van der Waals surface area contributed by atoms with Gasteiger partial charge in [0.1, 0.15) is 12.2 Å². The molecule has 0 N–H and O–H groups in total. The lowest BCUT2D eigenvalue weighted by molar-refractivity contribution is -0.142. The monoisotopic (exact) mass is 406 g/mol. The predicted molar refractivity (Wildman–Crippen MR) is 100 cm³/mol. The summed E-state index contributed by atoms with van der Waals surface area (Å²) in [6.07, 6.45) is 1.84. The molecule has 0 aromatic heterocycles. The standard InChI is InChI=1S/C22H24F2O5/c1-2-3-11-22(23,24)19(25)10-9-15-16-12-20(26)28-18(16)13-17(15)29-21(27)14-7-5-4-6-8-14/h4-10,15-18H,2-3,11-13H2,1H3/b10-9+/t15-,16?,17?,18?/m1/s1. The number of esters is 2. The summed E-state index contributed by atoms with van der Waals surface area (Å²) in [5.41, 5.74) is 0.367. The second-order valence-electron chi connectivity index (χ2n) is 7.55. The first kappa shape index (κ1) is 21.1. The molecule has 1 heterocycles. The molecular weight excluding hydrogens is 382 g/mol. The van der Waals surface area contributed by atoms with E-state index in [-0.39, 0.29) is 31.1 Å². The van der Waals surface area contributed by atoms with Crippen LogP contribution in [-0.2, 0) is 19.1 Å². The van der Waals surface area contributed by atoms with Crippen LogP contribution in [0.25, 0.3) is 0 Å². The van der Waals surface area contributed by atoms with Crippen LogP contribution < -0.4 is 0 Å². The van der Waals surface area contributed by atoms with Crippen LogP contribution >= 0.6 is 0 Å². The van der Waals surface area contributed by atoms with Gasteiger partial charge in [-0.2, -0.15) is 8.78 Å². The first-order valence-corrected chi connectivity index (χ1v) is 9.87. The third-order valence-corrected chi connectivity index (χ3v) is 5.49. The van der Waals surface area contributed by atoms with E-state index in [4.69, 9.17) is 9.47 Å². The molecule has 29 heavy (non-hydrogen) atoms. The van der Waals surface area contributed by atoms with Crippen LogP contribution in [0.1, 0.15) is 49.4 Å². The van der Waals surface area contributed by atoms with Crippen molar-refractivity contribution in [2.24, 2.45) is 11.8 Å². The molecule has 1 aliphatic heterocycles. The number of hydrogen-bond donors (Lipinski definition) is 0. The molecule has 1 saturated heterocycles. The Labute approximate surface area is 168 Å². The van der Waals surface area contributed by atoms with Crippen molar-refractivity contribution in [3.8, 4) is 0 Å². The normalized spacial score (nSPS) is 26.4. The molecule has 5 nitrogen and oxygen atoms in total. The van der Waals surface area contributed by atoms with Crippen molar-refractivity contribution >= 4 is 17.7 Å². The van der Waals surface area contributed by atoms with E-state index in [2.05, 4.69) is 0 Å². The zero-order valence-electron chi connectivity index (χ0n) is 16.2. The van der Waals surface area contributed by atoms with Crippen LogP contribution in [-0.4, -0.2) is 35.9 Å². The molecule has 1 aliphatic carbocycles. The van der Waals surface area contributed by atoms with Gasteiger partial charge in [0.15, 0.2) is 0 Å². The van der Waals surface area contributed by atoms with E-state index >= 15 is 0 Å². The van der Waals surface area contributed by atoms with Crippen LogP contribution in [0.15, 0.2) is 42.5 Å². The number of carbonyl (C=O) groups is 3. The Morgan fingerprint density at radius 1 is 1.28 bits per heavy atom. The van der Waals surface area contributed by atoms with E-state index in [1.165, 1.54) is 6.08 Å². The molecule has 0 amide bonds. The molecule has 4 atom stereocenters. The van der Waals surface area contributed by atoms with Crippen molar-refractivity contribution < 1.29 is 32.6 Å². The topological polar surface area (TPSA) is 69.7 Å². The van der Waals surface area contributed by atoms with Gasteiger partial charge in [-0.25, -0.2) is 4.79 Å². The van der Waals surface area contributed by atoms with Gasteiger partial charge in [0.2, 0.25) is 5.78 Å². The fourth-order valence-electron chi connectivity index (χ4n) is 3.91. The van der Waals surface area contributed by atoms with Crippen molar-refractivity contribution in [1.82, 2.24) is 0 Å². The first-order chi connectivity index (χ1) is 13.8. The maximum absolute atomic E-state index is 14.0. The Bertz CT molecular complexity index is 790. The van der Waals surface area contributed by atoms with Gasteiger partial charge in [-0.15, -0.1) is 0 Å². The molecule has 1 aromatic carbocycles. The Morgan fingerprint density at radius 3 is 2.69 bits per heavy atom. The summed E-state index contributed by atoms with van der Waals surface area (Å²) in [6, 6.07) is 8.40. The summed E-state index contributed by atoms with van der Waals surface area (Å²) in [6.45, 7) is 1.78. The van der Waals surface area contributed by atoms with E-state index in [0.29, 0.717) is 12.0 Å². The Hall–Kier alpha value is -2.57. The van der Waals surface area contributed by atoms with E-state index < -0.39 is 42.2 Å². The highest BCUT2D eigenvalue weighted by Crippen LogP contribution is 2.43. The summed E-state index contributed by atoms with van der Waals surface area (Å²) >= 11 is 0. The smallest absolute Gasteiger partial charge is 0.338 e. The van der Waals surface area contributed by atoms with Crippen LogP contribution in [0.5, 0.6) is 0 Å². The second kappa shape index (κ2) is 8.84. The van der Waals surface area contributed by atoms with Crippen LogP contribution in [0, 0.1) is 11.8 Å². The van der Waals surface area contributed by atoms with E-state index in [9.17, 15) is 23.2 Å². The molecule has 0 radical (unpaired) electrons. The fourth-order valence-corrected chi connectivity index (χ4v) is 3.91. The summed E-state index contributed by atoms with van der Waals surface area (Å²) in [4.78, 5) is 36.0. The number of rotatable bonds is 8. The molecule has 156 valence electrons. The first-order valence-electron chi connectivity index (χ1n) is 9.87. The van der Waals surface area contributed by atoms with Crippen molar-refractivity contribution in [3.63, 3.8) is 0 Å². The number of carbonyl (C=O) groups excluding carboxylic acids is 3.